The first-order valence-electron chi connectivity index (χ1n) is 14.7. The van der Waals surface area contributed by atoms with E-state index in [2.05, 4.69) is 51.8 Å². The Labute approximate surface area is 241 Å². The molecular formula is C32H39N7O2. The van der Waals surface area contributed by atoms with Crippen LogP contribution in [0, 0.1) is 41.9 Å². The van der Waals surface area contributed by atoms with Crippen LogP contribution in [0.2, 0.25) is 0 Å². The lowest BCUT2D eigenvalue weighted by Gasteiger charge is -2.46. The highest BCUT2D eigenvalue weighted by atomic mass is 16.4. The SMILES string of the molecule is C=C(N)C1CCC2C(CCc3cc(C(N)=O)ccc3[C@]2(CCNCC(=C)N2C(C#N)=C[C@@H]3C[C@@H]32)c2nnc(C)o2)C1. The fraction of sp³-hybridized carbons (Fsp3) is 0.500. The summed E-state index contributed by atoms with van der Waals surface area (Å²) in [5.74, 6) is 2.12. The molecule has 1 aromatic carbocycles. The molecule has 214 valence electrons. The van der Waals surface area contributed by atoms with E-state index in [0.29, 0.717) is 54.0 Å². The van der Waals surface area contributed by atoms with Gasteiger partial charge in [0.1, 0.15) is 11.8 Å². The fourth-order valence-corrected chi connectivity index (χ4v) is 7.91. The molecule has 2 heterocycles. The molecule has 3 aliphatic carbocycles. The lowest BCUT2D eigenvalue weighted by molar-refractivity contribution is 0.0999. The number of hydrogen-bond acceptors (Lipinski definition) is 8. The first kappa shape index (κ1) is 27.3. The quantitative estimate of drug-likeness (QED) is 0.397. The highest BCUT2D eigenvalue weighted by Gasteiger charge is 2.53. The predicted molar refractivity (Wildman–Crippen MR) is 155 cm³/mol. The van der Waals surface area contributed by atoms with Crippen LogP contribution in [0.5, 0.6) is 0 Å². The Morgan fingerprint density at radius 3 is 2.78 bits per heavy atom. The molecule has 3 unspecified atom stereocenters. The summed E-state index contributed by atoms with van der Waals surface area (Å²) in [4.78, 5) is 14.2. The molecule has 2 aromatic rings. The van der Waals surface area contributed by atoms with Crippen molar-refractivity contribution in [1.29, 1.82) is 5.26 Å². The van der Waals surface area contributed by atoms with Crippen molar-refractivity contribution in [1.82, 2.24) is 20.4 Å². The number of benzene rings is 1. The summed E-state index contributed by atoms with van der Waals surface area (Å²) in [7, 11) is 0. The molecule has 0 radical (unpaired) electrons. The number of nitrogens with zero attached hydrogens (tertiary/aromatic N) is 4. The highest BCUT2D eigenvalue weighted by molar-refractivity contribution is 5.93. The number of rotatable bonds is 9. The van der Waals surface area contributed by atoms with Gasteiger partial charge in [-0.1, -0.05) is 19.2 Å². The lowest BCUT2D eigenvalue weighted by atomic mass is 9.58. The maximum absolute atomic E-state index is 12.1. The van der Waals surface area contributed by atoms with Gasteiger partial charge in [0.25, 0.3) is 0 Å². The Balaban J connectivity index is 1.34. The second kappa shape index (κ2) is 10.5. The van der Waals surface area contributed by atoms with Crippen molar-refractivity contribution in [3.63, 3.8) is 0 Å². The molecule has 41 heavy (non-hydrogen) atoms. The van der Waals surface area contributed by atoms with E-state index in [1.165, 1.54) is 0 Å². The van der Waals surface area contributed by atoms with Crippen molar-refractivity contribution in [2.75, 3.05) is 13.1 Å². The zero-order valence-corrected chi connectivity index (χ0v) is 23.7. The van der Waals surface area contributed by atoms with Crippen molar-refractivity contribution in [2.24, 2.45) is 35.1 Å². The molecule has 1 aromatic heterocycles. The van der Waals surface area contributed by atoms with E-state index in [1.807, 2.05) is 19.1 Å². The fourth-order valence-electron chi connectivity index (χ4n) is 7.91. The van der Waals surface area contributed by atoms with Crippen LogP contribution >= 0.6 is 0 Å². The Morgan fingerprint density at radius 2 is 2.07 bits per heavy atom. The van der Waals surface area contributed by atoms with Gasteiger partial charge in [0.05, 0.1) is 5.41 Å². The number of carbonyl (C=O) groups excluding carboxylic acids is 1. The van der Waals surface area contributed by atoms with Crippen LogP contribution in [0.4, 0.5) is 0 Å². The number of aromatic nitrogens is 2. The number of fused-ring (bicyclic) bond motifs is 3. The Kier molecular flexibility index (Phi) is 6.98. The third kappa shape index (κ3) is 4.74. The number of nitrogens with two attached hydrogens (primary N) is 2. The molecule has 2 fully saturated rings. The summed E-state index contributed by atoms with van der Waals surface area (Å²) in [5.41, 5.74) is 16.5. The molecule has 0 spiro atoms. The van der Waals surface area contributed by atoms with Crippen LogP contribution in [0.15, 0.2) is 58.9 Å². The van der Waals surface area contributed by atoms with Crippen molar-refractivity contribution in [2.45, 2.75) is 63.3 Å². The van der Waals surface area contributed by atoms with Gasteiger partial charge < -0.3 is 26.1 Å². The molecule has 9 heteroatoms. The van der Waals surface area contributed by atoms with Crippen LogP contribution in [-0.2, 0) is 11.8 Å². The van der Waals surface area contributed by atoms with Crippen molar-refractivity contribution in [3.05, 3.63) is 83.0 Å². The molecule has 1 aliphatic heterocycles. The molecule has 5 N–H and O–H groups in total. The number of allylic oxidation sites excluding steroid dienone is 2. The third-order valence-corrected chi connectivity index (χ3v) is 9.95. The number of nitriles is 1. The van der Waals surface area contributed by atoms with Gasteiger partial charge in [-0.2, -0.15) is 5.26 Å². The van der Waals surface area contributed by atoms with Gasteiger partial charge in [0.2, 0.25) is 17.7 Å². The number of amides is 1. The van der Waals surface area contributed by atoms with Gasteiger partial charge in [-0.25, -0.2) is 0 Å². The zero-order chi connectivity index (χ0) is 28.9. The van der Waals surface area contributed by atoms with E-state index >= 15 is 0 Å². The monoisotopic (exact) mass is 553 g/mol. The predicted octanol–water partition coefficient (Wildman–Crippen LogP) is 3.82. The van der Waals surface area contributed by atoms with Gasteiger partial charge in [0.15, 0.2) is 0 Å². The number of primary amides is 1. The number of carbonyl (C=O) groups is 1. The molecular weight excluding hydrogens is 514 g/mol. The second-order valence-electron chi connectivity index (χ2n) is 12.3. The van der Waals surface area contributed by atoms with E-state index in [-0.39, 0.29) is 11.8 Å². The van der Waals surface area contributed by atoms with Crippen LogP contribution in [0.3, 0.4) is 0 Å². The van der Waals surface area contributed by atoms with Crippen molar-refractivity contribution in [3.8, 4) is 6.07 Å². The van der Waals surface area contributed by atoms with Crippen LogP contribution in [-0.4, -0.2) is 40.1 Å². The number of aryl methyl sites for hydroxylation is 2. The molecule has 0 saturated heterocycles. The molecule has 6 rings (SSSR count). The molecule has 6 atom stereocenters. The van der Waals surface area contributed by atoms with Crippen molar-refractivity contribution < 1.29 is 9.21 Å². The molecule has 9 nitrogen and oxygen atoms in total. The minimum Gasteiger partial charge on any atom is -0.425 e. The third-order valence-electron chi connectivity index (χ3n) is 9.95. The summed E-state index contributed by atoms with van der Waals surface area (Å²) in [6.07, 6.45) is 8.59. The van der Waals surface area contributed by atoms with Gasteiger partial charge in [0, 0.05) is 42.4 Å². The number of hydrogen-bond donors (Lipinski definition) is 3. The van der Waals surface area contributed by atoms with E-state index in [9.17, 15) is 10.1 Å². The maximum Gasteiger partial charge on any atom is 0.248 e. The van der Waals surface area contributed by atoms with E-state index in [4.69, 9.17) is 15.9 Å². The Morgan fingerprint density at radius 1 is 1.24 bits per heavy atom. The second-order valence-corrected chi connectivity index (χ2v) is 12.3. The first-order valence-corrected chi connectivity index (χ1v) is 14.7. The summed E-state index contributed by atoms with van der Waals surface area (Å²) in [5, 5.41) is 22.1. The molecule has 4 aliphatic rings. The Hall–Kier alpha value is -3.90. The normalized spacial score (nSPS) is 29.8. The summed E-state index contributed by atoms with van der Waals surface area (Å²) in [6, 6.07) is 8.55. The van der Waals surface area contributed by atoms with Crippen molar-refractivity contribution >= 4 is 5.91 Å². The topological polar surface area (TPSA) is 147 Å². The summed E-state index contributed by atoms with van der Waals surface area (Å²) in [6.45, 7) is 11.5. The average molecular weight is 554 g/mol. The smallest absolute Gasteiger partial charge is 0.248 e. The maximum atomic E-state index is 12.1. The molecule has 0 bridgehead atoms. The van der Waals surface area contributed by atoms with Crippen LogP contribution in [0.25, 0.3) is 0 Å². The minimum atomic E-state index is -0.546. The first-order chi connectivity index (χ1) is 19.7. The van der Waals surface area contributed by atoms with Crippen LogP contribution in [0.1, 0.15) is 71.8 Å². The minimum absolute atomic E-state index is 0.252. The molecule has 1 amide bonds. The summed E-state index contributed by atoms with van der Waals surface area (Å²) < 4.78 is 6.29. The number of nitrogens with one attached hydrogen (secondary N) is 1. The van der Waals surface area contributed by atoms with E-state index < -0.39 is 11.3 Å². The summed E-state index contributed by atoms with van der Waals surface area (Å²) >= 11 is 0. The van der Waals surface area contributed by atoms with Gasteiger partial charge >= 0.3 is 0 Å². The standard InChI is InChI=1S/C32H39N7O2/c1-18(39-26(16-33)14-25-15-29(25)39)17-36-11-10-32(31-38-37-20(3)41-31)27-8-6-21(19(2)34)12-22(27)4-5-23-13-24(30(35)40)7-9-28(23)32/h7,9,13-14,21-22,25,27,29,36H,1-2,4-6,8,10-12,15,17,34H2,3H3,(H2,35,40)/t21?,22?,25-,27?,29+,32-/m1/s1. The van der Waals surface area contributed by atoms with Crippen LogP contribution < -0.4 is 16.8 Å². The average Bonchev–Trinajstić information content (AvgIpc) is 3.45. The molecule has 2 saturated carbocycles. The van der Waals surface area contributed by atoms with E-state index in [1.54, 1.807) is 0 Å². The van der Waals surface area contributed by atoms with E-state index in [0.717, 1.165) is 67.5 Å². The largest absolute Gasteiger partial charge is 0.425 e. The lowest BCUT2D eigenvalue weighted by Crippen LogP contribution is -2.45. The van der Waals surface area contributed by atoms with Gasteiger partial charge in [-0.05, 0) is 98.6 Å². The zero-order valence-electron chi connectivity index (χ0n) is 23.7. The van der Waals surface area contributed by atoms with Gasteiger partial charge in [-0.3, -0.25) is 4.79 Å². The Bertz CT molecular complexity index is 1470. The van der Waals surface area contributed by atoms with Gasteiger partial charge in [-0.15, -0.1) is 10.2 Å². The highest BCUT2D eigenvalue weighted by Crippen LogP contribution is 2.55.